The second-order valence-corrected chi connectivity index (χ2v) is 9.79. The van der Waals surface area contributed by atoms with E-state index in [1.807, 2.05) is 17.9 Å². The molecule has 2 heterocycles. The van der Waals surface area contributed by atoms with Crippen LogP contribution in [0.5, 0.6) is 0 Å². The van der Waals surface area contributed by atoms with Gasteiger partial charge >= 0.3 is 0 Å². The molecule has 2 aromatic rings. The Bertz CT molecular complexity index is 1140. The predicted molar refractivity (Wildman–Crippen MR) is 135 cm³/mol. The third-order valence-corrected chi connectivity index (χ3v) is 7.04. The topological polar surface area (TPSA) is 85.7 Å². The van der Waals surface area contributed by atoms with Crippen molar-refractivity contribution in [3.05, 3.63) is 63.7 Å². The molecule has 0 saturated carbocycles. The van der Waals surface area contributed by atoms with E-state index in [2.05, 4.69) is 23.2 Å². The molecular weight excluding hydrogens is 464 g/mol. The molecule has 35 heavy (non-hydrogen) atoms. The number of nitrogens with one attached hydrogen (secondary N) is 1. The van der Waals surface area contributed by atoms with Crippen LogP contribution in [0.15, 0.2) is 36.4 Å². The van der Waals surface area contributed by atoms with Crippen LogP contribution < -0.4 is 5.32 Å². The van der Waals surface area contributed by atoms with E-state index in [1.54, 1.807) is 30.3 Å². The summed E-state index contributed by atoms with van der Waals surface area (Å²) in [6.07, 6.45) is 2.58. The average molecular weight is 495 g/mol. The van der Waals surface area contributed by atoms with Crippen molar-refractivity contribution in [1.29, 1.82) is 5.26 Å². The number of carbonyl (C=O) groups excluding carboxylic acids is 2. The van der Waals surface area contributed by atoms with Gasteiger partial charge in [0.2, 0.25) is 0 Å². The second kappa shape index (κ2) is 11.2. The lowest BCUT2D eigenvalue weighted by molar-refractivity contribution is -0.151. The van der Waals surface area contributed by atoms with Gasteiger partial charge in [0, 0.05) is 55.1 Å². The van der Waals surface area contributed by atoms with E-state index in [-0.39, 0.29) is 24.0 Å². The lowest BCUT2D eigenvalue weighted by Gasteiger charge is -2.41. The molecule has 8 heteroatoms. The Morgan fingerprint density at radius 2 is 2.06 bits per heavy atom. The minimum absolute atomic E-state index is 0.0906. The van der Waals surface area contributed by atoms with Crippen LogP contribution in [0, 0.1) is 18.3 Å². The van der Waals surface area contributed by atoms with E-state index in [1.165, 1.54) is 0 Å². The molecule has 0 bridgehead atoms. The van der Waals surface area contributed by atoms with Crippen LogP contribution in [0.4, 0.5) is 5.69 Å². The van der Waals surface area contributed by atoms with Gasteiger partial charge in [-0.1, -0.05) is 17.7 Å². The average Bonchev–Trinajstić information content (AvgIpc) is 2.87. The summed E-state index contributed by atoms with van der Waals surface area (Å²) >= 11 is 6.42. The number of halogens is 1. The molecule has 7 nitrogen and oxygen atoms in total. The summed E-state index contributed by atoms with van der Waals surface area (Å²) in [6, 6.07) is 12.4. The standard InChI is InChI=1S/C27H31ClN4O3/c1-18-16-31(9-10-32(18)27(34)25-8-3-4-11-35-25)17-22-13-23(28)14-24(19(22)2)30-26(33)21-7-5-6-20(12-21)15-29/h5-7,12-14,18,25H,3-4,8-11,16-17H2,1-2H3,(H,30,33)/t18-,25-/m0/s1. The van der Waals surface area contributed by atoms with Crippen LogP contribution in [0.3, 0.4) is 0 Å². The molecule has 0 aliphatic carbocycles. The number of nitrogens with zero attached hydrogens (tertiary/aromatic N) is 3. The molecule has 2 aromatic carbocycles. The Balaban J connectivity index is 1.42. The predicted octanol–water partition coefficient (Wildman–Crippen LogP) is 4.37. The summed E-state index contributed by atoms with van der Waals surface area (Å²) in [6.45, 7) is 7.57. The zero-order valence-corrected chi connectivity index (χ0v) is 21.0. The number of hydrogen-bond acceptors (Lipinski definition) is 5. The van der Waals surface area contributed by atoms with Gasteiger partial charge in [-0.05, 0) is 74.6 Å². The van der Waals surface area contributed by atoms with E-state index < -0.39 is 0 Å². The Morgan fingerprint density at radius 3 is 2.77 bits per heavy atom. The van der Waals surface area contributed by atoms with Crippen molar-refractivity contribution in [2.24, 2.45) is 0 Å². The molecule has 2 fully saturated rings. The van der Waals surface area contributed by atoms with Crippen molar-refractivity contribution >= 4 is 29.1 Å². The quantitative estimate of drug-likeness (QED) is 0.667. The normalized spacial score (nSPS) is 20.8. The first-order chi connectivity index (χ1) is 16.9. The Hall–Kier alpha value is -2.92. The Kier molecular flexibility index (Phi) is 8.07. The summed E-state index contributed by atoms with van der Waals surface area (Å²) < 4.78 is 5.71. The van der Waals surface area contributed by atoms with Crippen LogP contribution in [0.1, 0.15) is 53.2 Å². The SMILES string of the molecule is Cc1c(CN2CCN(C(=O)[C@@H]3CCCCO3)[C@@H](C)C2)cc(Cl)cc1NC(=O)c1cccc(C#N)c1. The molecule has 0 unspecified atom stereocenters. The first-order valence-electron chi connectivity index (χ1n) is 12.1. The maximum Gasteiger partial charge on any atom is 0.255 e. The van der Waals surface area contributed by atoms with Crippen molar-refractivity contribution < 1.29 is 14.3 Å². The van der Waals surface area contributed by atoms with Gasteiger partial charge in [-0.2, -0.15) is 5.26 Å². The lowest BCUT2D eigenvalue weighted by atomic mass is 10.0. The molecule has 2 atom stereocenters. The molecule has 4 rings (SSSR count). The molecule has 2 aliphatic rings. The number of carbonyl (C=O) groups is 2. The first kappa shape index (κ1) is 25.2. The summed E-state index contributed by atoms with van der Waals surface area (Å²) in [4.78, 5) is 30.0. The zero-order chi connectivity index (χ0) is 24.9. The Morgan fingerprint density at radius 1 is 1.23 bits per heavy atom. The monoisotopic (exact) mass is 494 g/mol. The van der Waals surface area contributed by atoms with Crippen molar-refractivity contribution in [1.82, 2.24) is 9.80 Å². The van der Waals surface area contributed by atoms with Crippen molar-refractivity contribution in [2.75, 3.05) is 31.6 Å². The fourth-order valence-corrected chi connectivity index (χ4v) is 5.06. The Labute approximate surface area is 211 Å². The number of benzene rings is 2. The van der Waals surface area contributed by atoms with Crippen LogP contribution in [0.2, 0.25) is 5.02 Å². The van der Waals surface area contributed by atoms with E-state index in [4.69, 9.17) is 21.6 Å². The molecule has 2 amide bonds. The summed E-state index contributed by atoms with van der Waals surface area (Å²) in [5, 5.41) is 12.6. The summed E-state index contributed by atoms with van der Waals surface area (Å²) in [5.74, 6) is -0.176. The fraction of sp³-hybridized carbons (Fsp3) is 0.444. The highest BCUT2D eigenvalue weighted by atomic mass is 35.5. The van der Waals surface area contributed by atoms with E-state index >= 15 is 0 Å². The molecule has 2 saturated heterocycles. The number of hydrogen-bond donors (Lipinski definition) is 1. The highest BCUT2D eigenvalue weighted by Crippen LogP contribution is 2.28. The van der Waals surface area contributed by atoms with Gasteiger partial charge in [0.15, 0.2) is 0 Å². The second-order valence-electron chi connectivity index (χ2n) is 9.36. The molecule has 0 radical (unpaired) electrons. The highest BCUT2D eigenvalue weighted by molar-refractivity contribution is 6.31. The van der Waals surface area contributed by atoms with Crippen molar-refractivity contribution in [3.63, 3.8) is 0 Å². The third kappa shape index (κ3) is 6.02. The fourth-order valence-electron chi connectivity index (χ4n) is 4.82. The van der Waals surface area contributed by atoms with Crippen molar-refractivity contribution in [2.45, 2.75) is 51.8 Å². The number of piperazine rings is 1. The van der Waals surface area contributed by atoms with E-state index in [0.29, 0.717) is 41.5 Å². The van der Waals surface area contributed by atoms with E-state index in [0.717, 1.165) is 43.5 Å². The van der Waals surface area contributed by atoms with Gasteiger partial charge in [-0.25, -0.2) is 0 Å². The zero-order valence-electron chi connectivity index (χ0n) is 20.2. The third-order valence-electron chi connectivity index (χ3n) is 6.83. The van der Waals surface area contributed by atoms with Gasteiger partial charge in [0.1, 0.15) is 6.10 Å². The van der Waals surface area contributed by atoms with Gasteiger partial charge in [-0.3, -0.25) is 14.5 Å². The molecule has 2 aliphatic heterocycles. The van der Waals surface area contributed by atoms with Gasteiger partial charge in [0.25, 0.3) is 11.8 Å². The summed E-state index contributed by atoms with van der Waals surface area (Å²) in [5.41, 5.74) is 3.47. The smallest absolute Gasteiger partial charge is 0.255 e. The van der Waals surface area contributed by atoms with Crippen LogP contribution in [-0.4, -0.2) is 60.0 Å². The molecule has 184 valence electrons. The largest absolute Gasteiger partial charge is 0.368 e. The number of rotatable bonds is 5. The molecular formula is C27H31ClN4O3. The maximum absolute atomic E-state index is 12.9. The van der Waals surface area contributed by atoms with Crippen LogP contribution in [-0.2, 0) is 16.1 Å². The highest BCUT2D eigenvalue weighted by Gasteiger charge is 2.33. The number of anilines is 1. The molecule has 0 aromatic heterocycles. The molecule has 1 N–H and O–H groups in total. The van der Waals surface area contributed by atoms with Gasteiger partial charge in [-0.15, -0.1) is 0 Å². The van der Waals surface area contributed by atoms with Crippen LogP contribution in [0.25, 0.3) is 0 Å². The maximum atomic E-state index is 12.9. The minimum Gasteiger partial charge on any atom is -0.368 e. The summed E-state index contributed by atoms with van der Waals surface area (Å²) in [7, 11) is 0. The van der Waals surface area contributed by atoms with Gasteiger partial charge in [0.05, 0.1) is 11.6 Å². The van der Waals surface area contributed by atoms with E-state index in [9.17, 15) is 9.59 Å². The number of nitriles is 1. The minimum atomic E-state index is -0.298. The van der Waals surface area contributed by atoms with Gasteiger partial charge < -0.3 is 15.0 Å². The number of amides is 2. The molecule has 0 spiro atoms. The number of ether oxygens (including phenoxy) is 1. The lowest BCUT2D eigenvalue weighted by Crippen LogP contribution is -2.56. The van der Waals surface area contributed by atoms with Crippen molar-refractivity contribution in [3.8, 4) is 6.07 Å². The van der Waals surface area contributed by atoms with Crippen LogP contribution >= 0.6 is 11.6 Å². The first-order valence-corrected chi connectivity index (χ1v) is 12.5.